The van der Waals surface area contributed by atoms with Crippen LogP contribution in [0.3, 0.4) is 0 Å². The number of para-hydroxylation sites is 1. The summed E-state index contributed by atoms with van der Waals surface area (Å²) < 4.78 is 0. The fourth-order valence-electron chi connectivity index (χ4n) is 8.01. The zero-order valence-electron chi connectivity index (χ0n) is 28.5. The Balaban J connectivity index is 1.03. The molecule has 3 aliphatic carbocycles. The highest BCUT2D eigenvalue weighted by atomic mass is 15.1. The smallest absolute Gasteiger partial charge is 0.0462 e. The summed E-state index contributed by atoms with van der Waals surface area (Å²) in [6.45, 7) is 0. The summed E-state index contributed by atoms with van der Waals surface area (Å²) in [7, 11) is 0. The van der Waals surface area contributed by atoms with Crippen LogP contribution in [0.4, 0.5) is 11.4 Å². The first-order valence-corrected chi connectivity index (χ1v) is 18.0. The molecule has 3 atom stereocenters. The number of rotatable bonds is 7. The van der Waals surface area contributed by atoms with Gasteiger partial charge in [-0.3, -0.25) is 0 Å². The summed E-state index contributed by atoms with van der Waals surface area (Å²) in [5.74, 6) is 1.57. The van der Waals surface area contributed by atoms with E-state index >= 15 is 0 Å². The first kappa shape index (κ1) is 30.8. The maximum Gasteiger partial charge on any atom is 0.0462 e. The standard InChI is InChI=1S/C50H39N/c1-4-12-36(13-5-1)42-28-32-48(39-14-6-2-7-15-39)50(35-42)41-22-20-37(21-23-41)38-26-29-45(30-27-38)51(44-17-8-3-9-18-44)46-31-33-49-43(34-46)25-24-40-16-10-11-19-47(40)49/h1-23,25-35,40,47,49H,24H2. The first-order chi connectivity index (χ1) is 25.3. The van der Waals surface area contributed by atoms with Gasteiger partial charge in [0.15, 0.2) is 0 Å². The summed E-state index contributed by atoms with van der Waals surface area (Å²) in [5.41, 5.74) is 14.7. The number of allylic oxidation sites excluding steroid dienone is 9. The van der Waals surface area contributed by atoms with Crippen molar-refractivity contribution in [3.05, 3.63) is 218 Å². The monoisotopic (exact) mass is 653 g/mol. The van der Waals surface area contributed by atoms with E-state index in [1.54, 1.807) is 0 Å². The van der Waals surface area contributed by atoms with E-state index in [0.29, 0.717) is 17.8 Å². The average Bonchev–Trinajstić information content (AvgIpc) is 3.22. The predicted octanol–water partition coefficient (Wildman–Crippen LogP) is 13.3. The van der Waals surface area contributed by atoms with Crippen LogP contribution in [0.15, 0.2) is 218 Å². The largest absolute Gasteiger partial charge is 0.311 e. The molecule has 6 aromatic carbocycles. The molecule has 0 fully saturated rings. The van der Waals surface area contributed by atoms with Crippen LogP contribution in [0.1, 0.15) is 6.42 Å². The molecule has 3 unspecified atom stereocenters. The third-order valence-electron chi connectivity index (χ3n) is 10.7. The van der Waals surface area contributed by atoms with Crippen LogP contribution in [0.5, 0.6) is 0 Å². The minimum atomic E-state index is 0.432. The molecule has 0 saturated carbocycles. The Labute approximate surface area is 301 Å². The second kappa shape index (κ2) is 13.6. The number of anilines is 2. The fourth-order valence-corrected chi connectivity index (χ4v) is 8.01. The quantitative estimate of drug-likeness (QED) is 0.166. The van der Waals surface area contributed by atoms with Crippen LogP contribution >= 0.6 is 0 Å². The van der Waals surface area contributed by atoms with Crippen LogP contribution in [0.2, 0.25) is 0 Å². The number of fused-ring (bicyclic) bond motifs is 3. The van der Waals surface area contributed by atoms with Crippen molar-refractivity contribution in [1.82, 2.24) is 0 Å². The molecular formula is C50H39N. The molecule has 0 amide bonds. The summed E-state index contributed by atoms with van der Waals surface area (Å²) in [6, 6.07) is 57.0. The maximum atomic E-state index is 2.45. The molecule has 9 rings (SSSR count). The van der Waals surface area contributed by atoms with Gasteiger partial charge in [-0.2, -0.15) is 0 Å². The van der Waals surface area contributed by atoms with Gasteiger partial charge in [0.1, 0.15) is 0 Å². The third-order valence-corrected chi connectivity index (χ3v) is 10.7. The molecule has 3 aliphatic rings. The summed E-state index contributed by atoms with van der Waals surface area (Å²) in [5, 5.41) is 0. The molecule has 0 saturated heterocycles. The van der Waals surface area contributed by atoms with Crippen molar-refractivity contribution < 1.29 is 0 Å². The third kappa shape index (κ3) is 6.13. The van der Waals surface area contributed by atoms with Crippen LogP contribution in [-0.4, -0.2) is 0 Å². The van der Waals surface area contributed by atoms with Crippen molar-refractivity contribution in [1.29, 1.82) is 0 Å². The molecule has 1 nitrogen and oxygen atoms in total. The Morgan fingerprint density at radius 3 is 1.73 bits per heavy atom. The van der Waals surface area contributed by atoms with E-state index in [4.69, 9.17) is 0 Å². The van der Waals surface area contributed by atoms with Gasteiger partial charge in [0.2, 0.25) is 0 Å². The van der Waals surface area contributed by atoms with Gasteiger partial charge in [0.25, 0.3) is 0 Å². The Kier molecular flexibility index (Phi) is 8.24. The first-order valence-electron chi connectivity index (χ1n) is 18.0. The molecule has 51 heavy (non-hydrogen) atoms. The minimum Gasteiger partial charge on any atom is -0.311 e. The second-order valence-electron chi connectivity index (χ2n) is 13.7. The lowest BCUT2D eigenvalue weighted by atomic mass is 9.69. The summed E-state index contributed by atoms with van der Waals surface area (Å²) in [4.78, 5) is 2.38. The average molecular weight is 654 g/mol. The SMILES string of the molecule is C1=CC2CC=C3C=C(N(c4ccccc4)c4ccc(-c5ccc(-c6cc(-c7ccccc7)ccc6-c6ccccc6)cc5)cc4)C=CC3C2C=C1. The molecule has 1 heteroatoms. The van der Waals surface area contributed by atoms with E-state index in [-0.39, 0.29) is 0 Å². The Hall–Kier alpha value is -6.18. The van der Waals surface area contributed by atoms with Gasteiger partial charge < -0.3 is 4.90 Å². The van der Waals surface area contributed by atoms with Crippen molar-refractivity contribution in [2.24, 2.45) is 17.8 Å². The molecule has 6 aromatic rings. The molecule has 244 valence electrons. The van der Waals surface area contributed by atoms with E-state index in [0.717, 1.165) is 17.8 Å². The molecule has 0 spiro atoms. The topological polar surface area (TPSA) is 3.24 Å². The Bertz CT molecular complexity index is 2310. The molecule has 0 heterocycles. The second-order valence-corrected chi connectivity index (χ2v) is 13.7. The molecule has 0 aromatic heterocycles. The summed E-state index contributed by atoms with van der Waals surface area (Å²) >= 11 is 0. The van der Waals surface area contributed by atoms with Gasteiger partial charge in [-0.05, 0) is 111 Å². The van der Waals surface area contributed by atoms with Gasteiger partial charge >= 0.3 is 0 Å². The van der Waals surface area contributed by atoms with Crippen molar-refractivity contribution in [2.75, 3.05) is 4.90 Å². The zero-order valence-corrected chi connectivity index (χ0v) is 28.5. The molecule has 0 bridgehead atoms. The van der Waals surface area contributed by atoms with Crippen molar-refractivity contribution in [2.45, 2.75) is 6.42 Å². The van der Waals surface area contributed by atoms with Crippen LogP contribution in [0, 0.1) is 17.8 Å². The van der Waals surface area contributed by atoms with Crippen LogP contribution in [-0.2, 0) is 0 Å². The predicted molar refractivity (Wildman–Crippen MR) is 215 cm³/mol. The van der Waals surface area contributed by atoms with E-state index in [1.165, 1.54) is 55.8 Å². The zero-order chi connectivity index (χ0) is 34.0. The van der Waals surface area contributed by atoms with E-state index < -0.39 is 0 Å². The van der Waals surface area contributed by atoms with Gasteiger partial charge in [-0.1, -0.05) is 164 Å². The number of nitrogens with zero attached hydrogens (tertiary/aromatic N) is 1. The van der Waals surface area contributed by atoms with Crippen LogP contribution < -0.4 is 4.90 Å². The highest BCUT2D eigenvalue weighted by Crippen LogP contribution is 2.44. The van der Waals surface area contributed by atoms with Crippen molar-refractivity contribution >= 4 is 11.4 Å². The number of hydrogen-bond donors (Lipinski definition) is 0. The number of hydrogen-bond acceptors (Lipinski definition) is 1. The fraction of sp³-hybridized carbons (Fsp3) is 0.0800. The lowest BCUT2D eigenvalue weighted by Gasteiger charge is -2.37. The molecule has 0 radical (unpaired) electrons. The van der Waals surface area contributed by atoms with Gasteiger partial charge in [0, 0.05) is 23.0 Å². The van der Waals surface area contributed by atoms with E-state index in [9.17, 15) is 0 Å². The number of benzene rings is 6. The lowest BCUT2D eigenvalue weighted by molar-refractivity contribution is 0.386. The maximum absolute atomic E-state index is 2.45. The van der Waals surface area contributed by atoms with Gasteiger partial charge in [-0.25, -0.2) is 0 Å². The molecule has 0 N–H and O–H groups in total. The van der Waals surface area contributed by atoms with Crippen LogP contribution in [0.25, 0.3) is 44.5 Å². The molecule has 0 aliphatic heterocycles. The molecular weight excluding hydrogens is 615 g/mol. The van der Waals surface area contributed by atoms with E-state index in [1.807, 2.05) is 0 Å². The van der Waals surface area contributed by atoms with Crippen molar-refractivity contribution in [3.63, 3.8) is 0 Å². The lowest BCUT2D eigenvalue weighted by Crippen LogP contribution is -2.28. The van der Waals surface area contributed by atoms with Crippen molar-refractivity contribution in [3.8, 4) is 44.5 Å². The highest BCUT2D eigenvalue weighted by Gasteiger charge is 2.33. The normalized spacial score (nSPS) is 18.7. The Morgan fingerprint density at radius 1 is 0.451 bits per heavy atom. The highest BCUT2D eigenvalue weighted by molar-refractivity contribution is 5.88. The van der Waals surface area contributed by atoms with Gasteiger partial charge in [-0.15, -0.1) is 0 Å². The minimum absolute atomic E-state index is 0.432. The van der Waals surface area contributed by atoms with E-state index in [2.05, 4.69) is 211 Å². The van der Waals surface area contributed by atoms with Gasteiger partial charge in [0.05, 0.1) is 0 Å². The Morgan fingerprint density at radius 2 is 1.00 bits per heavy atom. The summed E-state index contributed by atoms with van der Waals surface area (Å²) in [6.07, 6.45) is 19.9.